The van der Waals surface area contributed by atoms with Crippen molar-refractivity contribution in [3.63, 3.8) is 0 Å². The van der Waals surface area contributed by atoms with Crippen molar-refractivity contribution in [1.29, 1.82) is 0 Å². The summed E-state index contributed by atoms with van der Waals surface area (Å²) in [5.74, 6) is 0.503. The first-order valence-electron chi connectivity index (χ1n) is 5.75. The minimum absolute atomic E-state index is 0.117. The van der Waals surface area contributed by atoms with Crippen molar-refractivity contribution in [2.45, 2.75) is 20.3 Å². The van der Waals surface area contributed by atoms with E-state index in [2.05, 4.69) is 9.97 Å². The molecule has 2 aromatic rings. The molecule has 5 heteroatoms. The van der Waals surface area contributed by atoms with E-state index in [-0.39, 0.29) is 5.78 Å². The molecular weight excluding hydrogens is 248 g/mol. The van der Waals surface area contributed by atoms with Crippen LogP contribution in [-0.2, 0) is 0 Å². The number of aryl methyl sites for hydroxylation is 1. The van der Waals surface area contributed by atoms with Gasteiger partial charge in [-0.2, -0.15) is 0 Å². The topological polar surface area (TPSA) is 52.1 Å². The average Bonchev–Trinajstić information content (AvgIpc) is 2.82. The lowest BCUT2D eigenvalue weighted by atomic mass is 10.1. The lowest BCUT2D eigenvalue weighted by Gasteiger charge is -2.04. The summed E-state index contributed by atoms with van der Waals surface area (Å²) >= 11 is 1.46. The summed E-state index contributed by atoms with van der Waals surface area (Å²) in [4.78, 5) is 20.3. The molecule has 0 fully saturated rings. The van der Waals surface area contributed by atoms with E-state index in [1.165, 1.54) is 17.5 Å². The van der Waals surface area contributed by atoms with Gasteiger partial charge < -0.3 is 4.74 Å². The molecule has 0 amide bonds. The van der Waals surface area contributed by atoms with Crippen LogP contribution in [-0.4, -0.2) is 22.4 Å². The number of hydrogen-bond acceptors (Lipinski definition) is 5. The Morgan fingerprint density at radius 1 is 1.44 bits per heavy atom. The Labute approximate surface area is 110 Å². The summed E-state index contributed by atoms with van der Waals surface area (Å²) in [7, 11) is 0. The van der Waals surface area contributed by atoms with Crippen molar-refractivity contribution in [3.05, 3.63) is 40.1 Å². The number of ether oxygens (including phenoxy) is 1. The molecule has 0 saturated carbocycles. The maximum absolute atomic E-state index is 12.1. The predicted molar refractivity (Wildman–Crippen MR) is 70.3 cm³/mol. The lowest BCUT2D eigenvalue weighted by Crippen LogP contribution is -2.04. The Balaban J connectivity index is 2.20. The molecule has 2 heterocycles. The summed E-state index contributed by atoms with van der Waals surface area (Å²) in [5, 5.41) is 2.64. The molecule has 2 aromatic heterocycles. The predicted octanol–water partition coefficient (Wildman–Crippen LogP) is 2.87. The number of carbonyl (C=O) groups is 1. The minimum Gasteiger partial charge on any atom is -0.492 e. The van der Waals surface area contributed by atoms with E-state index < -0.39 is 0 Å². The van der Waals surface area contributed by atoms with Crippen LogP contribution in [0.1, 0.15) is 34.4 Å². The highest BCUT2D eigenvalue weighted by Crippen LogP contribution is 2.16. The molecule has 0 N–H and O–H groups in total. The van der Waals surface area contributed by atoms with Crippen LogP contribution < -0.4 is 4.74 Å². The fourth-order valence-corrected chi connectivity index (χ4v) is 2.05. The number of aromatic nitrogens is 2. The second-order valence-electron chi connectivity index (χ2n) is 3.84. The number of hydrogen-bond donors (Lipinski definition) is 0. The van der Waals surface area contributed by atoms with Crippen molar-refractivity contribution in [1.82, 2.24) is 9.97 Å². The van der Waals surface area contributed by atoms with Gasteiger partial charge in [0, 0.05) is 17.1 Å². The summed E-state index contributed by atoms with van der Waals surface area (Å²) in [6, 6.07) is 1.71. The van der Waals surface area contributed by atoms with E-state index in [0.717, 1.165) is 11.4 Å². The first kappa shape index (κ1) is 12.7. The second-order valence-corrected chi connectivity index (χ2v) is 4.90. The van der Waals surface area contributed by atoms with E-state index in [1.807, 2.05) is 13.8 Å². The largest absolute Gasteiger partial charge is 0.492 e. The molecule has 2 rings (SSSR count). The molecule has 0 saturated heterocycles. The van der Waals surface area contributed by atoms with Crippen LogP contribution in [0.5, 0.6) is 5.75 Å². The van der Waals surface area contributed by atoms with Crippen LogP contribution in [0.15, 0.2) is 23.8 Å². The van der Waals surface area contributed by atoms with Crippen LogP contribution in [0.2, 0.25) is 0 Å². The van der Waals surface area contributed by atoms with Crippen molar-refractivity contribution in [2.24, 2.45) is 0 Å². The van der Waals surface area contributed by atoms with Crippen LogP contribution in [0.4, 0.5) is 0 Å². The van der Waals surface area contributed by atoms with E-state index >= 15 is 0 Å². The van der Waals surface area contributed by atoms with Gasteiger partial charge in [0.1, 0.15) is 11.4 Å². The van der Waals surface area contributed by atoms with E-state index in [1.54, 1.807) is 17.6 Å². The van der Waals surface area contributed by atoms with Gasteiger partial charge in [-0.1, -0.05) is 6.92 Å². The van der Waals surface area contributed by atoms with Crippen LogP contribution in [0.25, 0.3) is 0 Å². The third-order valence-corrected chi connectivity index (χ3v) is 3.07. The number of ketones is 1. The van der Waals surface area contributed by atoms with Crippen LogP contribution in [0, 0.1) is 6.92 Å². The summed E-state index contributed by atoms with van der Waals surface area (Å²) in [5.41, 5.74) is 0.973. The first-order valence-corrected chi connectivity index (χ1v) is 6.63. The number of pyridine rings is 1. The molecule has 0 spiro atoms. The van der Waals surface area contributed by atoms with Crippen molar-refractivity contribution in [2.75, 3.05) is 6.61 Å². The van der Waals surface area contributed by atoms with Gasteiger partial charge in [0.25, 0.3) is 0 Å². The quantitative estimate of drug-likeness (QED) is 0.777. The Bertz CT molecular complexity index is 551. The SMILES string of the molecule is CCCOc1cncc(C(=O)c2csc(C)n2)c1. The average molecular weight is 262 g/mol. The highest BCUT2D eigenvalue weighted by Gasteiger charge is 2.13. The Kier molecular flexibility index (Phi) is 4.04. The molecule has 0 radical (unpaired) electrons. The highest BCUT2D eigenvalue weighted by molar-refractivity contribution is 7.09. The minimum atomic E-state index is -0.117. The van der Waals surface area contributed by atoms with Crippen molar-refractivity contribution < 1.29 is 9.53 Å². The first-order chi connectivity index (χ1) is 8.70. The maximum atomic E-state index is 12.1. The molecule has 18 heavy (non-hydrogen) atoms. The third-order valence-electron chi connectivity index (χ3n) is 2.30. The molecular formula is C13H14N2O2S. The van der Waals surface area contributed by atoms with Crippen molar-refractivity contribution in [3.8, 4) is 5.75 Å². The van der Waals surface area contributed by atoms with E-state index in [9.17, 15) is 4.79 Å². The zero-order valence-electron chi connectivity index (χ0n) is 10.3. The third kappa shape index (κ3) is 2.92. The van der Waals surface area contributed by atoms with Gasteiger partial charge >= 0.3 is 0 Å². The fourth-order valence-electron chi connectivity index (χ4n) is 1.46. The number of nitrogens with zero attached hydrogens (tertiary/aromatic N) is 2. The van der Waals surface area contributed by atoms with Gasteiger partial charge in [-0.3, -0.25) is 9.78 Å². The lowest BCUT2D eigenvalue weighted by molar-refractivity contribution is 0.103. The van der Waals surface area contributed by atoms with Gasteiger partial charge in [0.15, 0.2) is 0 Å². The normalized spacial score (nSPS) is 10.3. The number of thiazole rings is 1. The molecule has 0 aliphatic heterocycles. The molecule has 4 nitrogen and oxygen atoms in total. The van der Waals surface area contributed by atoms with Gasteiger partial charge in [-0.25, -0.2) is 4.98 Å². The Morgan fingerprint density at radius 2 is 2.28 bits per heavy atom. The standard InChI is InChI=1S/C13H14N2O2S/c1-3-4-17-11-5-10(6-14-7-11)13(16)12-8-18-9(2)15-12/h5-8H,3-4H2,1-2H3. The zero-order valence-corrected chi connectivity index (χ0v) is 11.2. The van der Waals surface area contributed by atoms with E-state index in [0.29, 0.717) is 23.6 Å². The highest BCUT2D eigenvalue weighted by atomic mass is 32.1. The van der Waals surface area contributed by atoms with E-state index in [4.69, 9.17) is 4.74 Å². The molecule has 94 valence electrons. The zero-order chi connectivity index (χ0) is 13.0. The molecule has 0 atom stereocenters. The van der Waals surface area contributed by atoms with Crippen molar-refractivity contribution >= 4 is 17.1 Å². The Hall–Kier alpha value is -1.75. The van der Waals surface area contributed by atoms with Crippen LogP contribution in [0.3, 0.4) is 0 Å². The molecule has 0 aromatic carbocycles. The summed E-state index contributed by atoms with van der Waals surface area (Å²) < 4.78 is 5.45. The number of carbonyl (C=O) groups excluding carboxylic acids is 1. The molecule has 0 unspecified atom stereocenters. The maximum Gasteiger partial charge on any atom is 0.213 e. The van der Waals surface area contributed by atoms with Gasteiger partial charge in [-0.05, 0) is 19.4 Å². The Morgan fingerprint density at radius 3 is 2.94 bits per heavy atom. The van der Waals surface area contributed by atoms with Gasteiger partial charge in [0.05, 0.1) is 17.8 Å². The fraction of sp³-hybridized carbons (Fsp3) is 0.308. The summed E-state index contributed by atoms with van der Waals surface area (Å²) in [6.45, 7) is 4.52. The smallest absolute Gasteiger partial charge is 0.213 e. The number of rotatable bonds is 5. The monoisotopic (exact) mass is 262 g/mol. The second kappa shape index (κ2) is 5.73. The summed E-state index contributed by atoms with van der Waals surface area (Å²) in [6.07, 6.45) is 4.07. The molecule has 0 aliphatic carbocycles. The molecule has 0 bridgehead atoms. The van der Waals surface area contributed by atoms with Crippen LogP contribution >= 0.6 is 11.3 Å². The molecule has 0 aliphatic rings. The van der Waals surface area contributed by atoms with Gasteiger partial charge in [-0.15, -0.1) is 11.3 Å². The van der Waals surface area contributed by atoms with Gasteiger partial charge in [0.2, 0.25) is 5.78 Å².